The van der Waals surface area contributed by atoms with Gasteiger partial charge in [-0.3, -0.25) is 19.7 Å². The van der Waals surface area contributed by atoms with E-state index in [-0.39, 0.29) is 18.2 Å². The first kappa shape index (κ1) is 17.4. The van der Waals surface area contributed by atoms with Crippen LogP contribution < -0.4 is 5.32 Å². The average Bonchev–Trinajstić information content (AvgIpc) is 3.41. The Morgan fingerprint density at radius 1 is 1.21 bits per heavy atom. The van der Waals surface area contributed by atoms with Crippen molar-refractivity contribution in [1.29, 1.82) is 0 Å². The molecule has 0 saturated carbocycles. The van der Waals surface area contributed by atoms with Crippen LogP contribution in [0.5, 0.6) is 0 Å². The molecule has 146 valence electrons. The standard InChI is InChI=1S/C21H18N4O4/c1-24-11-15(22-19(24)17-3-2-8-29-17)12-4-5-14-13(9-12)10-25(21(14)28)16-6-7-18(26)23-20(16)27/h2-5,8-9,11,16H,6-7,10H2,1H3,(H,23,26,27). The third-order valence-corrected chi connectivity index (χ3v) is 5.44. The minimum absolute atomic E-state index is 0.182. The summed E-state index contributed by atoms with van der Waals surface area (Å²) >= 11 is 0. The van der Waals surface area contributed by atoms with E-state index >= 15 is 0 Å². The van der Waals surface area contributed by atoms with E-state index in [0.717, 1.165) is 16.8 Å². The summed E-state index contributed by atoms with van der Waals surface area (Å²) in [7, 11) is 1.90. The number of carbonyl (C=O) groups excluding carboxylic acids is 3. The zero-order valence-electron chi connectivity index (χ0n) is 15.7. The van der Waals surface area contributed by atoms with Crippen molar-refractivity contribution in [3.63, 3.8) is 0 Å². The largest absolute Gasteiger partial charge is 0.461 e. The second-order valence-corrected chi connectivity index (χ2v) is 7.31. The van der Waals surface area contributed by atoms with E-state index in [1.165, 1.54) is 0 Å². The lowest BCUT2D eigenvalue weighted by Gasteiger charge is -2.29. The second-order valence-electron chi connectivity index (χ2n) is 7.31. The maximum atomic E-state index is 12.8. The molecule has 5 rings (SSSR count). The van der Waals surface area contributed by atoms with Crippen molar-refractivity contribution < 1.29 is 18.8 Å². The highest BCUT2D eigenvalue weighted by Gasteiger charge is 2.39. The number of fused-ring (bicyclic) bond motifs is 1. The summed E-state index contributed by atoms with van der Waals surface area (Å²) < 4.78 is 7.33. The van der Waals surface area contributed by atoms with Crippen molar-refractivity contribution in [2.24, 2.45) is 7.05 Å². The molecule has 3 aromatic rings. The van der Waals surface area contributed by atoms with Crippen molar-refractivity contribution in [1.82, 2.24) is 19.8 Å². The number of carbonyl (C=O) groups is 3. The van der Waals surface area contributed by atoms with E-state index in [1.54, 1.807) is 17.2 Å². The monoisotopic (exact) mass is 390 g/mol. The van der Waals surface area contributed by atoms with Gasteiger partial charge in [0.25, 0.3) is 5.91 Å². The number of benzene rings is 1. The van der Waals surface area contributed by atoms with Crippen molar-refractivity contribution in [3.8, 4) is 22.8 Å². The zero-order chi connectivity index (χ0) is 20.1. The van der Waals surface area contributed by atoms with Gasteiger partial charge in [0, 0.05) is 37.3 Å². The first-order chi connectivity index (χ1) is 14.0. The van der Waals surface area contributed by atoms with Gasteiger partial charge in [-0.05, 0) is 36.2 Å². The van der Waals surface area contributed by atoms with Gasteiger partial charge >= 0.3 is 0 Å². The lowest BCUT2D eigenvalue weighted by Crippen LogP contribution is -2.52. The van der Waals surface area contributed by atoms with E-state index < -0.39 is 11.9 Å². The Morgan fingerprint density at radius 2 is 2.07 bits per heavy atom. The number of imidazole rings is 1. The van der Waals surface area contributed by atoms with Gasteiger partial charge in [-0.1, -0.05) is 6.07 Å². The number of nitrogens with zero attached hydrogens (tertiary/aromatic N) is 3. The van der Waals surface area contributed by atoms with Crippen molar-refractivity contribution in [2.45, 2.75) is 25.4 Å². The predicted molar refractivity (Wildman–Crippen MR) is 102 cm³/mol. The summed E-state index contributed by atoms with van der Waals surface area (Å²) in [5.41, 5.74) is 3.09. The molecular weight excluding hydrogens is 372 g/mol. The molecule has 1 atom stereocenters. The molecule has 8 heteroatoms. The molecule has 8 nitrogen and oxygen atoms in total. The molecule has 1 saturated heterocycles. The Labute approximate surface area is 166 Å². The van der Waals surface area contributed by atoms with E-state index in [0.29, 0.717) is 30.1 Å². The molecule has 2 aliphatic rings. The van der Waals surface area contributed by atoms with Crippen LogP contribution in [0, 0.1) is 0 Å². The van der Waals surface area contributed by atoms with E-state index in [2.05, 4.69) is 10.3 Å². The minimum Gasteiger partial charge on any atom is -0.461 e. The van der Waals surface area contributed by atoms with Gasteiger partial charge in [-0.2, -0.15) is 0 Å². The van der Waals surface area contributed by atoms with Crippen molar-refractivity contribution >= 4 is 17.7 Å². The number of rotatable bonds is 3. The molecule has 1 N–H and O–H groups in total. The number of aromatic nitrogens is 2. The van der Waals surface area contributed by atoms with Gasteiger partial charge in [0.1, 0.15) is 6.04 Å². The molecule has 0 spiro atoms. The maximum absolute atomic E-state index is 12.8. The maximum Gasteiger partial charge on any atom is 0.255 e. The van der Waals surface area contributed by atoms with Gasteiger partial charge < -0.3 is 13.9 Å². The first-order valence-corrected chi connectivity index (χ1v) is 9.36. The quantitative estimate of drug-likeness (QED) is 0.691. The highest BCUT2D eigenvalue weighted by molar-refractivity contribution is 6.05. The lowest BCUT2D eigenvalue weighted by molar-refractivity contribution is -0.136. The molecule has 2 aliphatic heterocycles. The SMILES string of the molecule is Cn1cc(-c2ccc3c(c2)CN(C2CCC(=O)NC2=O)C3=O)nc1-c1ccco1. The van der Waals surface area contributed by atoms with Crippen molar-refractivity contribution in [3.05, 3.63) is 53.9 Å². The Hall–Kier alpha value is -3.68. The molecule has 1 aromatic carbocycles. The summed E-state index contributed by atoms with van der Waals surface area (Å²) in [5, 5.41) is 2.32. The normalized spacial score (nSPS) is 18.9. The van der Waals surface area contributed by atoms with Gasteiger partial charge in [0.2, 0.25) is 11.8 Å². The van der Waals surface area contributed by atoms with Crippen LogP contribution in [-0.2, 0) is 23.2 Å². The van der Waals surface area contributed by atoms with Crippen LogP contribution in [0.15, 0.2) is 47.2 Å². The molecule has 0 bridgehead atoms. The molecule has 0 radical (unpaired) electrons. The number of imide groups is 1. The number of furan rings is 1. The third-order valence-electron chi connectivity index (χ3n) is 5.44. The summed E-state index contributed by atoms with van der Waals surface area (Å²) in [6.07, 6.45) is 4.11. The summed E-state index contributed by atoms with van der Waals surface area (Å²) in [5.74, 6) is 0.514. The minimum atomic E-state index is -0.614. The van der Waals surface area contributed by atoms with Gasteiger partial charge in [-0.25, -0.2) is 4.98 Å². The third kappa shape index (κ3) is 2.84. The molecule has 3 amide bonds. The van der Waals surface area contributed by atoms with Crippen LogP contribution in [0.4, 0.5) is 0 Å². The van der Waals surface area contributed by atoms with Crippen LogP contribution in [0.25, 0.3) is 22.8 Å². The van der Waals surface area contributed by atoms with Crippen LogP contribution in [0.3, 0.4) is 0 Å². The number of hydrogen-bond donors (Lipinski definition) is 1. The van der Waals surface area contributed by atoms with E-state index in [4.69, 9.17) is 4.42 Å². The van der Waals surface area contributed by atoms with Gasteiger partial charge in [0.05, 0.1) is 12.0 Å². The van der Waals surface area contributed by atoms with Crippen LogP contribution in [0.1, 0.15) is 28.8 Å². The molecule has 4 heterocycles. The first-order valence-electron chi connectivity index (χ1n) is 9.36. The molecular formula is C21H18N4O4. The summed E-state index contributed by atoms with van der Waals surface area (Å²) in [4.78, 5) is 42.6. The molecule has 1 unspecified atom stereocenters. The Morgan fingerprint density at radius 3 is 2.83 bits per heavy atom. The zero-order valence-corrected chi connectivity index (χ0v) is 15.7. The number of hydrogen-bond acceptors (Lipinski definition) is 5. The number of amides is 3. The highest BCUT2D eigenvalue weighted by atomic mass is 16.3. The molecule has 1 fully saturated rings. The lowest BCUT2D eigenvalue weighted by atomic mass is 10.0. The van der Waals surface area contributed by atoms with Crippen molar-refractivity contribution in [2.75, 3.05) is 0 Å². The number of nitrogens with one attached hydrogen (secondary N) is 1. The smallest absolute Gasteiger partial charge is 0.255 e. The van der Waals surface area contributed by atoms with Crippen LogP contribution >= 0.6 is 0 Å². The topological polar surface area (TPSA) is 97.4 Å². The summed E-state index contributed by atoms with van der Waals surface area (Å²) in [6, 6.07) is 8.63. The Balaban J connectivity index is 1.44. The number of piperidine rings is 1. The second kappa shape index (κ2) is 6.44. The fraction of sp³-hybridized carbons (Fsp3) is 0.238. The van der Waals surface area contributed by atoms with Gasteiger partial charge in [-0.15, -0.1) is 0 Å². The van der Waals surface area contributed by atoms with Crippen LogP contribution in [0.2, 0.25) is 0 Å². The molecule has 29 heavy (non-hydrogen) atoms. The van der Waals surface area contributed by atoms with Crippen LogP contribution in [-0.4, -0.2) is 38.2 Å². The highest BCUT2D eigenvalue weighted by Crippen LogP contribution is 2.32. The van der Waals surface area contributed by atoms with Gasteiger partial charge in [0.15, 0.2) is 11.6 Å². The average molecular weight is 390 g/mol. The predicted octanol–water partition coefficient (Wildman–Crippen LogP) is 2.11. The Kier molecular flexibility index (Phi) is 3.87. The van der Waals surface area contributed by atoms with E-state index in [9.17, 15) is 14.4 Å². The molecule has 0 aliphatic carbocycles. The summed E-state index contributed by atoms with van der Waals surface area (Å²) in [6.45, 7) is 0.339. The number of aryl methyl sites for hydroxylation is 1. The van der Waals surface area contributed by atoms with E-state index in [1.807, 2.05) is 42.1 Å². The fourth-order valence-electron chi connectivity index (χ4n) is 3.97. The molecule has 2 aromatic heterocycles. The fourth-order valence-corrected chi connectivity index (χ4v) is 3.97. The Bertz CT molecular complexity index is 1150.